The second kappa shape index (κ2) is 3.08. The standard InChI is InChI=1S/C13H19N/c1-12(2,3)13(7-8-13)10-11-6-4-5-9-14-11/h4-6,9H,7-8,10H2,1-3H3. The number of aromatic nitrogens is 1. The Labute approximate surface area is 86.6 Å². The van der Waals surface area contributed by atoms with Gasteiger partial charge in [0.2, 0.25) is 0 Å². The van der Waals surface area contributed by atoms with Crippen molar-refractivity contribution in [1.82, 2.24) is 4.98 Å². The molecule has 0 atom stereocenters. The van der Waals surface area contributed by atoms with E-state index in [2.05, 4.69) is 37.9 Å². The summed E-state index contributed by atoms with van der Waals surface area (Å²) < 4.78 is 0. The summed E-state index contributed by atoms with van der Waals surface area (Å²) in [6, 6.07) is 6.22. The molecule has 1 aromatic rings. The smallest absolute Gasteiger partial charge is 0.0409 e. The molecular weight excluding hydrogens is 170 g/mol. The molecule has 1 saturated carbocycles. The number of hydrogen-bond donors (Lipinski definition) is 0. The van der Waals surface area contributed by atoms with E-state index in [0.717, 1.165) is 6.42 Å². The summed E-state index contributed by atoms with van der Waals surface area (Å²) in [4.78, 5) is 4.42. The van der Waals surface area contributed by atoms with E-state index >= 15 is 0 Å². The maximum Gasteiger partial charge on any atom is 0.0409 e. The van der Waals surface area contributed by atoms with Crippen LogP contribution in [0.15, 0.2) is 24.4 Å². The maximum absolute atomic E-state index is 4.42. The fourth-order valence-electron chi connectivity index (χ4n) is 2.19. The van der Waals surface area contributed by atoms with Gasteiger partial charge in [-0.2, -0.15) is 0 Å². The van der Waals surface area contributed by atoms with Crippen LogP contribution in [-0.4, -0.2) is 4.98 Å². The second-order valence-electron chi connectivity index (χ2n) is 5.53. The van der Waals surface area contributed by atoms with Gasteiger partial charge in [-0.15, -0.1) is 0 Å². The molecule has 14 heavy (non-hydrogen) atoms. The monoisotopic (exact) mass is 189 g/mol. The van der Waals surface area contributed by atoms with Crippen LogP contribution in [0.3, 0.4) is 0 Å². The Bertz CT molecular complexity index is 304. The van der Waals surface area contributed by atoms with Crippen LogP contribution in [0.1, 0.15) is 39.3 Å². The van der Waals surface area contributed by atoms with E-state index in [9.17, 15) is 0 Å². The third kappa shape index (κ3) is 1.68. The van der Waals surface area contributed by atoms with Crippen molar-refractivity contribution in [3.63, 3.8) is 0 Å². The van der Waals surface area contributed by atoms with Gasteiger partial charge in [0.05, 0.1) is 0 Å². The van der Waals surface area contributed by atoms with Crippen LogP contribution in [-0.2, 0) is 6.42 Å². The Morgan fingerprint density at radius 3 is 2.43 bits per heavy atom. The van der Waals surface area contributed by atoms with Gasteiger partial charge in [0, 0.05) is 11.9 Å². The summed E-state index contributed by atoms with van der Waals surface area (Å²) in [5, 5.41) is 0. The number of pyridine rings is 1. The third-order valence-corrected chi connectivity index (χ3v) is 3.69. The first-order valence-electron chi connectivity index (χ1n) is 5.43. The molecule has 1 fully saturated rings. The van der Waals surface area contributed by atoms with Crippen LogP contribution in [0.2, 0.25) is 0 Å². The molecule has 0 aromatic carbocycles. The summed E-state index contributed by atoms with van der Waals surface area (Å²) in [7, 11) is 0. The van der Waals surface area contributed by atoms with Gasteiger partial charge in [0.15, 0.2) is 0 Å². The van der Waals surface area contributed by atoms with Crippen molar-refractivity contribution in [2.45, 2.75) is 40.0 Å². The third-order valence-electron chi connectivity index (χ3n) is 3.69. The van der Waals surface area contributed by atoms with Crippen molar-refractivity contribution in [3.8, 4) is 0 Å². The van der Waals surface area contributed by atoms with E-state index in [1.165, 1.54) is 18.5 Å². The first-order valence-corrected chi connectivity index (χ1v) is 5.43. The predicted molar refractivity (Wildman–Crippen MR) is 59.1 cm³/mol. The van der Waals surface area contributed by atoms with Crippen LogP contribution in [0.25, 0.3) is 0 Å². The molecule has 0 radical (unpaired) electrons. The van der Waals surface area contributed by atoms with E-state index < -0.39 is 0 Å². The Morgan fingerprint density at radius 1 is 1.29 bits per heavy atom. The van der Waals surface area contributed by atoms with Gasteiger partial charge in [-0.25, -0.2) is 0 Å². The van der Waals surface area contributed by atoms with Gasteiger partial charge >= 0.3 is 0 Å². The van der Waals surface area contributed by atoms with Crippen LogP contribution in [0.4, 0.5) is 0 Å². The van der Waals surface area contributed by atoms with E-state index in [4.69, 9.17) is 0 Å². The molecule has 0 saturated heterocycles. The zero-order valence-electron chi connectivity index (χ0n) is 9.38. The fourth-order valence-corrected chi connectivity index (χ4v) is 2.19. The Hall–Kier alpha value is -0.850. The quantitative estimate of drug-likeness (QED) is 0.694. The molecule has 1 heteroatoms. The summed E-state index contributed by atoms with van der Waals surface area (Å²) in [5.41, 5.74) is 2.20. The molecule has 2 rings (SSSR count). The summed E-state index contributed by atoms with van der Waals surface area (Å²) in [6.45, 7) is 7.05. The second-order valence-corrected chi connectivity index (χ2v) is 5.53. The Kier molecular flexibility index (Phi) is 2.13. The van der Waals surface area contributed by atoms with Crippen LogP contribution >= 0.6 is 0 Å². The van der Waals surface area contributed by atoms with Crippen molar-refractivity contribution >= 4 is 0 Å². The average molecular weight is 189 g/mol. The van der Waals surface area contributed by atoms with Crippen LogP contribution in [0.5, 0.6) is 0 Å². The fraction of sp³-hybridized carbons (Fsp3) is 0.615. The minimum atomic E-state index is 0.421. The topological polar surface area (TPSA) is 12.9 Å². The van der Waals surface area contributed by atoms with Gasteiger partial charge in [-0.1, -0.05) is 26.8 Å². The number of rotatable bonds is 2. The lowest BCUT2D eigenvalue weighted by Crippen LogP contribution is -2.24. The summed E-state index contributed by atoms with van der Waals surface area (Å²) in [5.74, 6) is 0. The van der Waals surface area contributed by atoms with Crippen molar-refractivity contribution < 1.29 is 0 Å². The zero-order valence-corrected chi connectivity index (χ0v) is 9.38. The Balaban J connectivity index is 2.13. The predicted octanol–water partition coefficient (Wildman–Crippen LogP) is 3.45. The molecule has 1 aliphatic carbocycles. The van der Waals surface area contributed by atoms with Crippen LogP contribution in [0, 0.1) is 10.8 Å². The van der Waals surface area contributed by atoms with E-state index in [-0.39, 0.29) is 0 Å². The molecule has 0 N–H and O–H groups in total. The minimum absolute atomic E-state index is 0.421. The summed E-state index contributed by atoms with van der Waals surface area (Å²) in [6.07, 6.45) is 5.78. The minimum Gasteiger partial charge on any atom is -0.261 e. The molecule has 0 aliphatic heterocycles. The summed E-state index contributed by atoms with van der Waals surface area (Å²) >= 11 is 0. The van der Waals surface area contributed by atoms with E-state index in [1.807, 2.05) is 12.3 Å². The highest BCUT2D eigenvalue weighted by Gasteiger charge is 2.51. The highest BCUT2D eigenvalue weighted by Crippen LogP contribution is 2.60. The molecule has 0 spiro atoms. The highest BCUT2D eigenvalue weighted by atomic mass is 14.7. The lowest BCUT2D eigenvalue weighted by Gasteiger charge is -2.30. The van der Waals surface area contributed by atoms with E-state index in [0.29, 0.717) is 10.8 Å². The number of nitrogens with zero attached hydrogens (tertiary/aromatic N) is 1. The molecule has 0 bridgehead atoms. The largest absolute Gasteiger partial charge is 0.261 e. The van der Waals surface area contributed by atoms with E-state index in [1.54, 1.807) is 0 Å². The molecule has 76 valence electrons. The molecule has 1 nitrogen and oxygen atoms in total. The Morgan fingerprint density at radius 2 is 2.00 bits per heavy atom. The lowest BCUT2D eigenvalue weighted by molar-refractivity contribution is 0.211. The molecule has 0 unspecified atom stereocenters. The molecule has 1 aliphatic rings. The SMILES string of the molecule is CC(C)(C)C1(Cc2ccccn2)CC1. The van der Waals surface area contributed by atoms with Crippen molar-refractivity contribution in [2.24, 2.45) is 10.8 Å². The van der Waals surface area contributed by atoms with Crippen molar-refractivity contribution in [2.75, 3.05) is 0 Å². The normalized spacial score (nSPS) is 19.4. The van der Waals surface area contributed by atoms with Crippen molar-refractivity contribution in [3.05, 3.63) is 30.1 Å². The van der Waals surface area contributed by atoms with Crippen LogP contribution < -0.4 is 0 Å². The molecular formula is C13H19N. The highest BCUT2D eigenvalue weighted by molar-refractivity contribution is 5.13. The van der Waals surface area contributed by atoms with Gasteiger partial charge in [0.1, 0.15) is 0 Å². The number of hydrogen-bond acceptors (Lipinski definition) is 1. The van der Waals surface area contributed by atoms with Gasteiger partial charge in [-0.05, 0) is 42.2 Å². The first kappa shape index (κ1) is 9.70. The zero-order chi connectivity index (χ0) is 10.2. The van der Waals surface area contributed by atoms with Gasteiger partial charge in [-0.3, -0.25) is 4.98 Å². The molecule has 1 heterocycles. The lowest BCUT2D eigenvalue weighted by atomic mass is 9.75. The molecule has 0 amide bonds. The average Bonchev–Trinajstić information content (AvgIpc) is 2.86. The van der Waals surface area contributed by atoms with Gasteiger partial charge in [0.25, 0.3) is 0 Å². The van der Waals surface area contributed by atoms with Crippen molar-refractivity contribution in [1.29, 1.82) is 0 Å². The first-order chi connectivity index (χ1) is 6.54. The van der Waals surface area contributed by atoms with Gasteiger partial charge < -0.3 is 0 Å². The maximum atomic E-state index is 4.42. The molecule has 1 aromatic heterocycles.